The molecule has 0 fully saturated rings. The molecule has 0 bridgehead atoms. The molecule has 0 saturated heterocycles. The molecule has 0 aromatic heterocycles. The summed E-state index contributed by atoms with van der Waals surface area (Å²) in [6, 6.07) is 20.7. The summed E-state index contributed by atoms with van der Waals surface area (Å²) < 4.78 is 22.2. The van der Waals surface area contributed by atoms with Crippen LogP contribution in [0.3, 0.4) is 0 Å². The lowest BCUT2D eigenvalue weighted by molar-refractivity contribution is -0.155. The molecule has 1 heterocycles. The van der Waals surface area contributed by atoms with E-state index >= 15 is 0 Å². The summed E-state index contributed by atoms with van der Waals surface area (Å²) in [5.74, 6) is 1.29. The molecular weight excluding hydrogens is 430 g/mol. The Morgan fingerprint density at radius 3 is 2.59 bits per heavy atom. The Balaban J connectivity index is 1.37. The van der Waals surface area contributed by atoms with Crippen LogP contribution >= 0.6 is 0 Å². The van der Waals surface area contributed by atoms with E-state index in [1.54, 1.807) is 0 Å². The average Bonchev–Trinajstić information content (AvgIpc) is 3.30. The summed E-state index contributed by atoms with van der Waals surface area (Å²) >= 11 is 0. The molecule has 1 aliphatic heterocycles. The smallest absolute Gasteiger partial charge is 0.332 e. The van der Waals surface area contributed by atoms with Crippen LogP contribution in [0, 0.1) is 0 Å². The van der Waals surface area contributed by atoms with E-state index in [4.69, 9.17) is 18.9 Å². The van der Waals surface area contributed by atoms with Crippen molar-refractivity contribution in [2.75, 3.05) is 33.5 Å². The first-order chi connectivity index (χ1) is 16.5. The van der Waals surface area contributed by atoms with E-state index in [2.05, 4.69) is 54.4 Å². The van der Waals surface area contributed by atoms with E-state index in [9.17, 15) is 4.79 Å². The summed E-state index contributed by atoms with van der Waals surface area (Å²) in [6.07, 6.45) is 1.33. The second-order valence-electron chi connectivity index (χ2n) is 8.97. The van der Waals surface area contributed by atoms with E-state index in [0.29, 0.717) is 6.79 Å². The monoisotopic (exact) mass is 463 g/mol. The molecule has 1 unspecified atom stereocenters. The van der Waals surface area contributed by atoms with Gasteiger partial charge in [-0.3, -0.25) is 0 Å². The fourth-order valence-corrected chi connectivity index (χ4v) is 4.09. The van der Waals surface area contributed by atoms with Crippen LogP contribution in [0.4, 0.5) is 0 Å². The average molecular weight is 464 g/mol. The van der Waals surface area contributed by atoms with Gasteiger partial charge in [-0.05, 0) is 73.8 Å². The summed E-state index contributed by atoms with van der Waals surface area (Å²) in [4.78, 5) is 14.4. The lowest BCUT2D eigenvalue weighted by atomic mass is 10.0. The van der Waals surface area contributed by atoms with E-state index in [1.807, 2.05) is 32.0 Å². The quantitative estimate of drug-likeness (QED) is 0.367. The lowest BCUT2D eigenvalue weighted by Crippen LogP contribution is -2.25. The van der Waals surface area contributed by atoms with Crippen LogP contribution in [0.1, 0.15) is 37.5 Å². The highest BCUT2D eigenvalue weighted by molar-refractivity contribution is 5.83. The van der Waals surface area contributed by atoms with Gasteiger partial charge in [0.25, 0.3) is 0 Å². The van der Waals surface area contributed by atoms with Gasteiger partial charge in [0.05, 0.1) is 12.2 Å². The molecule has 0 N–H and O–H groups in total. The Morgan fingerprint density at radius 1 is 0.971 bits per heavy atom. The van der Waals surface area contributed by atoms with Crippen LogP contribution in [-0.4, -0.2) is 50.5 Å². The molecule has 1 atom stereocenters. The zero-order valence-corrected chi connectivity index (χ0v) is 20.2. The van der Waals surface area contributed by atoms with Gasteiger partial charge < -0.3 is 23.8 Å². The molecule has 34 heavy (non-hydrogen) atoms. The third kappa shape index (κ3) is 6.49. The summed E-state index contributed by atoms with van der Waals surface area (Å²) in [7, 11) is 2.11. The zero-order valence-electron chi connectivity index (χ0n) is 20.2. The highest BCUT2D eigenvalue weighted by Gasteiger charge is 2.18. The number of nitrogens with zero attached hydrogens (tertiary/aromatic N) is 1. The number of hydrogen-bond acceptors (Lipinski definition) is 6. The van der Waals surface area contributed by atoms with E-state index < -0.39 is 0 Å². The number of benzene rings is 3. The van der Waals surface area contributed by atoms with Crippen LogP contribution in [-0.2, 0) is 20.7 Å². The maximum atomic E-state index is 12.1. The molecule has 4 rings (SSSR count). The Labute approximate surface area is 201 Å². The molecule has 1 aliphatic rings. The Morgan fingerprint density at radius 2 is 1.76 bits per heavy atom. The number of fused-ring (bicyclic) bond motifs is 2. The van der Waals surface area contributed by atoms with Crippen LogP contribution in [0.2, 0.25) is 0 Å². The van der Waals surface area contributed by atoms with Crippen molar-refractivity contribution in [2.45, 2.75) is 38.9 Å². The van der Waals surface area contributed by atoms with Crippen molar-refractivity contribution in [3.8, 4) is 11.5 Å². The number of ether oxygens (including phenoxy) is 4. The fraction of sp³-hybridized carbons (Fsp3) is 0.393. The normalized spacial score (nSPS) is 13.6. The minimum absolute atomic E-state index is 0.0589. The van der Waals surface area contributed by atoms with Crippen LogP contribution in [0.25, 0.3) is 10.8 Å². The van der Waals surface area contributed by atoms with E-state index in [1.165, 1.54) is 10.9 Å². The fourth-order valence-electron chi connectivity index (χ4n) is 4.09. The molecule has 180 valence electrons. The molecule has 0 amide bonds. The standard InChI is InChI=1S/C28H33NO5/c1-20(2)34-28(30)18-31-25(24-10-9-22-6-4-5-7-23(22)17-24)13-15-29(3)14-12-21-8-11-26-27(16-21)33-19-32-26/h4-11,16-17,20,25H,12-15,18-19H2,1-3H3. The largest absolute Gasteiger partial charge is 0.461 e. The van der Waals surface area contributed by atoms with E-state index in [-0.39, 0.29) is 24.8 Å². The molecule has 0 spiro atoms. The Kier molecular flexibility index (Phi) is 8.03. The lowest BCUT2D eigenvalue weighted by Gasteiger charge is -2.23. The molecule has 3 aromatic rings. The van der Waals surface area contributed by atoms with Gasteiger partial charge in [0.2, 0.25) is 6.79 Å². The van der Waals surface area contributed by atoms with Gasteiger partial charge in [0.1, 0.15) is 6.61 Å². The number of hydrogen-bond donors (Lipinski definition) is 0. The van der Waals surface area contributed by atoms with Crippen molar-refractivity contribution in [2.24, 2.45) is 0 Å². The first kappa shape index (κ1) is 24.0. The number of carbonyl (C=O) groups is 1. The minimum atomic E-state index is -0.336. The van der Waals surface area contributed by atoms with Crippen molar-refractivity contribution in [1.29, 1.82) is 0 Å². The number of likely N-dealkylation sites (N-methyl/N-ethyl adjacent to an activating group) is 1. The summed E-state index contributed by atoms with van der Waals surface area (Å²) in [5, 5.41) is 2.35. The van der Waals surface area contributed by atoms with Crippen LogP contribution in [0.5, 0.6) is 11.5 Å². The number of rotatable bonds is 11. The second kappa shape index (κ2) is 11.4. The predicted molar refractivity (Wildman–Crippen MR) is 132 cm³/mol. The first-order valence-corrected chi connectivity index (χ1v) is 11.8. The van der Waals surface area contributed by atoms with Gasteiger partial charge in [-0.25, -0.2) is 4.79 Å². The number of esters is 1. The third-order valence-corrected chi connectivity index (χ3v) is 5.91. The molecule has 6 heteroatoms. The molecule has 0 aliphatic carbocycles. The van der Waals surface area contributed by atoms with Crippen molar-refractivity contribution in [3.05, 3.63) is 71.8 Å². The minimum Gasteiger partial charge on any atom is -0.461 e. The molecule has 0 saturated carbocycles. The highest BCUT2D eigenvalue weighted by Crippen LogP contribution is 2.32. The second-order valence-corrected chi connectivity index (χ2v) is 8.97. The molecule has 0 radical (unpaired) electrons. The van der Waals surface area contributed by atoms with Crippen molar-refractivity contribution >= 4 is 16.7 Å². The Bertz CT molecular complexity index is 1110. The summed E-state index contributed by atoms with van der Waals surface area (Å²) in [5.41, 5.74) is 2.29. The maximum Gasteiger partial charge on any atom is 0.332 e. The van der Waals surface area contributed by atoms with Gasteiger partial charge in [-0.15, -0.1) is 0 Å². The van der Waals surface area contributed by atoms with Gasteiger partial charge in [0.15, 0.2) is 11.5 Å². The zero-order chi connectivity index (χ0) is 23.9. The van der Waals surface area contributed by atoms with Gasteiger partial charge in [-0.1, -0.05) is 42.5 Å². The SMILES string of the molecule is CC(C)OC(=O)COC(CCN(C)CCc1ccc2c(c1)OCO2)c1ccc2ccccc2c1. The van der Waals surface area contributed by atoms with Gasteiger partial charge in [0, 0.05) is 13.1 Å². The first-order valence-electron chi connectivity index (χ1n) is 11.8. The number of carbonyl (C=O) groups excluding carboxylic acids is 1. The highest BCUT2D eigenvalue weighted by atomic mass is 16.7. The third-order valence-electron chi connectivity index (χ3n) is 5.91. The van der Waals surface area contributed by atoms with E-state index in [0.717, 1.165) is 48.4 Å². The Hall–Kier alpha value is -3.09. The topological polar surface area (TPSA) is 57.2 Å². The van der Waals surface area contributed by atoms with Crippen LogP contribution < -0.4 is 9.47 Å². The molecule has 6 nitrogen and oxygen atoms in total. The van der Waals surface area contributed by atoms with Crippen molar-refractivity contribution in [3.63, 3.8) is 0 Å². The van der Waals surface area contributed by atoms with Gasteiger partial charge in [-0.2, -0.15) is 0 Å². The maximum absolute atomic E-state index is 12.1. The van der Waals surface area contributed by atoms with Crippen LogP contribution in [0.15, 0.2) is 60.7 Å². The summed E-state index contributed by atoms with van der Waals surface area (Å²) in [6.45, 7) is 5.65. The van der Waals surface area contributed by atoms with Crippen molar-refractivity contribution < 1.29 is 23.7 Å². The molecular formula is C28H33NO5. The molecule has 3 aromatic carbocycles. The van der Waals surface area contributed by atoms with Crippen molar-refractivity contribution in [1.82, 2.24) is 4.90 Å². The predicted octanol–water partition coefficient (Wildman–Crippen LogP) is 5.14. The van der Waals surface area contributed by atoms with Gasteiger partial charge >= 0.3 is 5.97 Å².